The highest BCUT2D eigenvalue weighted by Gasteiger charge is 2.09. The van der Waals surface area contributed by atoms with Gasteiger partial charge in [-0.3, -0.25) is 0 Å². The molecule has 22 heavy (non-hydrogen) atoms. The third-order valence-corrected chi connectivity index (χ3v) is 3.21. The van der Waals surface area contributed by atoms with Crippen molar-refractivity contribution in [1.82, 2.24) is 0 Å². The van der Waals surface area contributed by atoms with E-state index in [-0.39, 0.29) is 0 Å². The Morgan fingerprint density at radius 2 is 0.818 bits per heavy atom. The summed E-state index contributed by atoms with van der Waals surface area (Å²) in [5.41, 5.74) is 8.24. The Balaban J connectivity index is 0.000000639. The molecular weight excluding hydrogens is 276 g/mol. The maximum atomic E-state index is 8.35. The van der Waals surface area contributed by atoms with Crippen molar-refractivity contribution in [3.05, 3.63) is 58.7 Å². The number of rotatable bonds is 1. The number of hydrogen-bond acceptors (Lipinski definition) is 4. The molecule has 0 unspecified atom stereocenters. The second kappa shape index (κ2) is 10.0. The van der Waals surface area contributed by atoms with E-state index in [1.807, 2.05) is 0 Å². The molecule has 0 fully saturated rings. The minimum absolute atomic E-state index is 0.750. The summed E-state index contributed by atoms with van der Waals surface area (Å²) < 4.78 is 0. The van der Waals surface area contributed by atoms with Crippen LogP contribution in [0.5, 0.6) is 0 Å². The molecule has 2 aromatic rings. The fourth-order valence-electron chi connectivity index (χ4n) is 2.42. The first kappa shape index (κ1) is 19.2. The molecule has 0 radical (unpaired) electrons. The van der Waals surface area contributed by atoms with E-state index in [4.69, 9.17) is 20.4 Å². The van der Waals surface area contributed by atoms with E-state index in [0.29, 0.717) is 0 Å². The molecule has 0 aliphatic carbocycles. The lowest BCUT2D eigenvalue weighted by atomic mass is 9.90. The zero-order valence-corrected chi connectivity index (χ0v) is 13.3. The average Bonchev–Trinajstić information content (AvgIpc) is 2.43. The number of hydrogen-bond donors (Lipinski definition) is 2. The molecule has 0 bridgehead atoms. The Bertz CT molecular complexity index is 592. The topological polar surface area (TPSA) is 81.8 Å². The second-order valence-electron chi connectivity index (χ2n) is 4.74. The van der Waals surface area contributed by atoms with Crippen molar-refractivity contribution in [3.8, 4) is 11.1 Å². The van der Waals surface area contributed by atoms with Gasteiger partial charge in [-0.2, -0.15) is 0 Å². The van der Waals surface area contributed by atoms with Crippen molar-refractivity contribution in [3.63, 3.8) is 0 Å². The van der Waals surface area contributed by atoms with Gasteiger partial charge in [-0.1, -0.05) is 36.4 Å². The summed E-state index contributed by atoms with van der Waals surface area (Å²) >= 11 is 0. The van der Waals surface area contributed by atoms with Gasteiger partial charge < -0.3 is 0 Å². The first-order valence-electron chi connectivity index (χ1n) is 6.65. The third kappa shape index (κ3) is 5.29. The highest BCUT2D eigenvalue weighted by molar-refractivity contribution is 5.76. The van der Waals surface area contributed by atoms with Crippen LogP contribution in [0.3, 0.4) is 0 Å². The van der Waals surface area contributed by atoms with Gasteiger partial charge in [-0.25, -0.2) is 20.4 Å². The molecule has 0 amide bonds. The summed E-state index contributed by atoms with van der Waals surface area (Å²) in [6.07, 6.45) is 1.50. The lowest BCUT2D eigenvalue weighted by Crippen LogP contribution is -1.93. The molecule has 0 aliphatic rings. The van der Waals surface area contributed by atoms with Crippen molar-refractivity contribution in [2.24, 2.45) is 0 Å². The molecule has 0 saturated heterocycles. The molecule has 4 nitrogen and oxygen atoms in total. The molecule has 2 aromatic carbocycles. The monoisotopic (exact) mass is 296 g/mol. The fourth-order valence-corrected chi connectivity index (χ4v) is 2.42. The van der Waals surface area contributed by atoms with Crippen LogP contribution in [0.4, 0.5) is 0 Å². The zero-order chi connectivity index (χ0) is 17.1. The van der Waals surface area contributed by atoms with E-state index >= 15 is 0 Å². The van der Waals surface area contributed by atoms with Gasteiger partial charge in [-0.15, -0.1) is 0 Å². The van der Waals surface area contributed by atoms with Crippen LogP contribution in [0.15, 0.2) is 36.4 Å². The lowest BCUT2D eigenvalue weighted by molar-refractivity contribution is 0.562. The lowest BCUT2D eigenvalue weighted by Gasteiger charge is -2.15. The highest BCUT2D eigenvalue weighted by atomic mass is 16.1. The van der Waals surface area contributed by atoms with Crippen LogP contribution >= 0.6 is 0 Å². The Morgan fingerprint density at radius 3 is 1.00 bits per heavy atom. The Hall–Kier alpha value is -2.80. The normalized spacial score (nSPS) is 8.36. The molecule has 2 N–H and O–H groups in total. The predicted octanol–water partition coefficient (Wildman–Crippen LogP) is 4.39. The molecule has 0 atom stereocenters. The smallest absolute Gasteiger partial charge is 0.222 e. The van der Waals surface area contributed by atoms with Gasteiger partial charge in [-0.05, 0) is 61.1 Å². The molecule has 0 saturated carbocycles. The molecule has 0 spiro atoms. The largest absolute Gasteiger partial charge is 0.231 e. The maximum absolute atomic E-state index is 8.35. The molecule has 2 rings (SSSR count). The molecule has 0 aliphatic heterocycles. The summed E-state index contributed by atoms with van der Waals surface area (Å²) in [7, 11) is 0. The minimum Gasteiger partial charge on any atom is -0.222 e. The SMILES string of the molecule is Cc1cccc(C)c1-c1c(C)cccc1C.N=C=O.N=C=O. The summed E-state index contributed by atoms with van der Waals surface area (Å²) in [5.74, 6) is 0. The van der Waals surface area contributed by atoms with E-state index in [9.17, 15) is 0 Å². The van der Waals surface area contributed by atoms with Crippen molar-refractivity contribution in [2.45, 2.75) is 27.7 Å². The van der Waals surface area contributed by atoms with Gasteiger partial charge in [0.25, 0.3) is 0 Å². The highest BCUT2D eigenvalue weighted by Crippen LogP contribution is 2.32. The van der Waals surface area contributed by atoms with E-state index in [0.717, 1.165) is 12.2 Å². The quantitative estimate of drug-likeness (QED) is 0.604. The van der Waals surface area contributed by atoms with E-state index in [1.165, 1.54) is 33.4 Å². The Labute approximate surface area is 130 Å². The van der Waals surface area contributed by atoms with Crippen molar-refractivity contribution < 1.29 is 9.59 Å². The van der Waals surface area contributed by atoms with Gasteiger partial charge in [0.1, 0.15) is 0 Å². The van der Waals surface area contributed by atoms with Crippen molar-refractivity contribution >= 4 is 12.2 Å². The van der Waals surface area contributed by atoms with Gasteiger partial charge in [0.05, 0.1) is 0 Å². The molecule has 114 valence electrons. The number of carbonyl (C=O) groups excluding carboxylic acids is 2. The van der Waals surface area contributed by atoms with Crippen LogP contribution in [0.25, 0.3) is 11.1 Å². The summed E-state index contributed by atoms with van der Waals surface area (Å²) in [6, 6.07) is 13.0. The number of benzene rings is 2. The summed E-state index contributed by atoms with van der Waals surface area (Å²) in [6.45, 7) is 8.75. The standard InChI is InChI=1S/C16H18.2CHNO/c1-11-7-5-8-12(2)15(11)16-13(3)9-6-10-14(16)4;2*2-1-3/h5-10H,1-4H3;2*2H. The number of isocyanates is 2. The summed E-state index contributed by atoms with van der Waals surface area (Å²) in [5, 5.41) is 10.8. The Morgan fingerprint density at radius 1 is 0.636 bits per heavy atom. The van der Waals surface area contributed by atoms with Crippen LogP contribution in [-0.2, 0) is 9.59 Å². The maximum Gasteiger partial charge on any atom is 0.231 e. The fraction of sp³-hybridized carbons (Fsp3) is 0.222. The summed E-state index contributed by atoms with van der Waals surface area (Å²) in [4.78, 5) is 16.7. The minimum atomic E-state index is 0.750. The first-order chi connectivity index (χ1) is 10.4. The second-order valence-corrected chi connectivity index (χ2v) is 4.74. The van der Waals surface area contributed by atoms with Gasteiger partial charge in [0, 0.05) is 0 Å². The van der Waals surface area contributed by atoms with E-state index < -0.39 is 0 Å². The predicted molar refractivity (Wildman–Crippen MR) is 87.7 cm³/mol. The van der Waals surface area contributed by atoms with Crippen molar-refractivity contribution in [1.29, 1.82) is 10.8 Å². The number of nitrogens with one attached hydrogen (secondary N) is 2. The van der Waals surface area contributed by atoms with Crippen LogP contribution < -0.4 is 0 Å². The van der Waals surface area contributed by atoms with Gasteiger partial charge >= 0.3 is 0 Å². The van der Waals surface area contributed by atoms with Crippen LogP contribution in [0.2, 0.25) is 0 Å². The van der Waals surface area contributed by atoms with Gasteiger partial charge in [0.15, 0.2) is 0 Å². The number of aryl methyl sites for hydroxylation is 4. The average molecular weight is 296 g/mol. The van der Waals surface area contributed by atoms with E-state index in [2.05, 4.69) is 64.1 Å². The third-order valence-electron chi connectivity index (χ3n) is 3.21. The first-order valence-corrected chi connectivity index (χ1v) is 6.65. The molecule has 0 aromatic heterocycles. The molecular formula is C18H20N2O2. The van der Waals surface area contributed by atoms with Crippen LogP contribution in [0.1, 0.15) is 22.3 Å². The zero-order valence-electron chi connectivity index (χ0n) is 13.3. The van der Waals surface area contributed by atoms with Crippen molar-refractivity contribution in [2.75, 3.05) is 0 Å². The van der Waals surface area contributed by atoms with Gasteiger partial charge in [0.2, 0.25) is 12.2 Å². The van der Waals surface area contributed by atoms with Crippen LogP contribution in [-0.4, -0.2) is 12.2 Å². The Kier molecular flexibility index (Phi) is 8.73. The molecule has 0 heterocycles. The molecule has 4 heteroatoms. The van der Waals surface area contributed by atoms with E-state index in [1.54, 1.807) is 0 Å². The van der Waals surface area contributed by atoms with Crippen LogP contribution in [0, 0.1) is 38.5 Å².